The molecular weight excluding hydrogens is 1190 g/mol. The number of rotatable bonds is 13. The molecule has 6 aromatic rings. The number of benzene rings is 5. The Morgan fingerprint density at radius 2 is 1.10 bits per heavy atom. The molecule has 2 fully saturated rings. The van der Waals surface area contributed by atoms with Crippen LogP contribution in [0.2, 0.25) is 0 Å². The van der Waals surface area contributed by atoms with Gasteiger partial charge in [-0.15, -0.1) is 0 Å². The third-order valence-corrected chi connectivity index (χ3v) is 19.2. The minimum absolute atomic E-state index is 0.0268. The average Bonchev–Trinajstić information content (AvgIpc) is 1.59. The van der Waals surface area contributed by atoms with E-state index in [2.05, 4.69) is 56.9 Å². The Bertz CT molecular complexity index is 3680. The number of hydrogen-bond donors (Lipinski definition) is 4. The Morgan fingerprint density at radius 3 is 1.67 bits per heavy atom. The molecule has 3 heterocycles. The van der Waals surface area contributed by atoms with E-state index in [4.69, 9.17) is 4.74 Å². The van der Waals surface area contributed by atoms with Crippen LogP contribution in [0, 0.1) is 17.8 Å². The number of carbonyl (C=O) groups is 9. The van der Waals surface area contributed by atoms with Gasteiger partial charge in [0.15, 0.2) is 12.1 Å². The molecule has 0 saturated carbocycles. The first-order valence-corrected chi connectivity index (χ1v) is 33.0. The molecule has 0 spiro atoms. The number of amides is 8. The van der Waals surface area contributed by atoms with Crippen molar-refractivity contribution in [3.63, 3.8) is 0 Å². The van der Waals surface area contributed by atoms with Gasteiger partial charge in [-0.3, -0.25) is 38.4 Å². The quantitative estimate of drug-likeness (QED) is 0.0812. The van der Waals surface area contributed by atoms with Crippen molar-refractivity contribution in [2.45, 2.75) is 174 Å². The van der Waals surface area contributed by atoms with E-state index in [1.807, 2.05) is 87.5 Å². The lowest BCUT2D eigenvalue weighted by Crippen LogP contribution is -2.62. The molecule has 20 heteroatoms. The van der Waals surface area contributed by atoms with Gasteiger partial charge in [0, 0.05) is 70.0 Å². The summed E-state index contributed by atoms with van der Waals surface area (Å²) in [5.74, 6) is -7.85. The number of ether oxygens (including phenoxy) is 1. The molecule has 2 aliphatic heterocycles. The van der Waals surface area contributed by atoms with Gasteiger partial charge in [0.2, 0.25) is 41.4 Å². The summed E-state index contributed by atoms with van der Waals surface area (Å²) >= 11 is 0. The van der Waals surface area contributed by atoms with Crippen molar-refractivity contribution in [3.8, 4) is 16.8 Å². The summed E-state index contributed by atoms with van der Waals surface area (Å²) in [7, 11) is 5.59. The monoisotopic (exact) mass is 1290 g/mol. The summed E-state index contributed by atoms with van der Waals surface area (Å²) in [6.07, 6.45) is -0.114. The molecule has 502 valence electrons. The van der Waals surface area contributed by atoms with Crippen molar-refractivity contribution in [3.05, 3.63) is 139 Å². The third kappa shape index (κ3) is 15.7. The fourth-order valence-electron chi connectivity index (χ4n) is 12.9. The first-order valence-electron chi connectivity index (χ1n) is 33.0. The highest BCUT2D eigenvalue weighted by Gasteiger charge is 2.47. The molecule has 8 amide bonds. The van der Waals surface area contributed by atoms with Crippen LogP contribution < -0.4 is 16.0 Å². The molecule has 94 heavy (non-hydrogen) atoms. The number of cyclic esters (lactones) is 1. The Hall–Kier alpha value is -8.91. The lowest BCUT2D eigenvalue weighted by Gasteiger charge is -2.39. The normalized spacial score (nSPS) is 24.1. The third-order valence-electron chi connectivity index (χ3n) is 19.2. The van der Waals surface area contributed by atoms with Crippen molar-refractivity contribution in [2.24, 2.45) is 17.8 Å². The van der Waals surface area contributed by atoms with Gasteiger partial charge in [-0.2, -0.15) is 0 Å². The Labute approximate surface area is 552 Å². The fourth-order valence-corrected chi connectivity index (χ4v) is 12.9. The van der Waals surface area contributed by atoms with Crippen LogP contribution >= 0.6 is 0 Å². The highest BCUT2D eigenvalue weighted by atomic mass is 16.6. The molecule has 4 N–H and O–H groups in total. The predicted octanol–water partition coefficient (Wildman–Crippen LogP) is 7.86. The Balaban J connectivity index is 1.20. The van der Waals surface area contributed by atoms with Crippen molar-refractivity contribution in [2.75, 3.05) is 34.7 Å². The van der Waals surface area contributed by atoms with Crippen LogP contribution in [-0.2, 0) is 60.7 Å². The van der Waals surface area contributed by atoms with E-state index in [-0.39, 0.29) is 38.1 Å². The SMILES string of the molecule is CCC(C)C1NC(=O)C2CCCN2C(=O)C(Cc2cccc(-c3ccc(-n4c5ccccc5c5ccccc54)cc3)c2)N(C)C(=O)C(Cc2ccccc2)NC(=O)[C@H](C)N(C)C(=O)C([C@H](C)CC)OC(=O)C(C(C)(C)O)N(C)C(=O)C(CC(C)C)NC(=O)[C@H](C)N(C)C1=O. The Kier molecular flexibility index (Phi) is 23.0. The second-order valence-corrected chi connectivity index (χ2v) is 26.8. The largest absolute Gasteiger partial charge is 0.450 e. The number of hydrogen-bond acceptors (Lipinski definition) is 11. The predicted molar refractivity (Wildman–Crippen MR) is 363 cm³/mol. The van der Waals surface area contributed by atoms with E-state index in [1.54, 1.807) is 45.0 Å². The maximum atomic E-state index is 15.8. The maximum Gasteiger partial charge on any atom is 0.332 e. The number of fused-ring (bicyclic) bond motifs is 4. The smallest absolute Gasteiger partial charge is 0.332 e. The minimum Gasteiger partial charge on any atom is -0.450 e. The molecule has 20 nitrogen and oxygen atoms in total. The number of nitrogens with zero attached hydrogens (tertiary/aromatic N) is 6. The van der Waals surface area contributed by atoms with Gasteiger partial charge in [-0.25, -0.2) is 4.79 Å². The summed E-state index contributed by atoms with van der Waals surface area (Å²) in [5.41, 5.74) is 4.24. The molecule has 8 rings (SSSR count). The fraction of sp³-hybridized carbons (Fsp3) is 0.473. The zero-order valence-corrected chi connectivity index (χ0v) is 56.9. The van der Waals surface area contributed by atoms with Crippen molar-refractivity contribution in [1.82, 2.24) is 45.0 Å². The second kappa shape index (κ2) is 30.4. The summed E-state index contributed by atoms with van der Waals surface area (Å²) < 4.78 is 8.29. The van der Waals surface area contributed by atoms with Crippen LogP contribution in [-0.4, -0.2) is 182 Å². The second-order valence-electron chi connectivity index (χ2n) is 26.8. The van der Waals surface area contributed by atoms with Crippen molar-refractivity contribution in [1.29, 1.82) is 0 Å². The highest BCUT2D eigenvalue weighted by Crippen LogP contribution is 2.34. The van der Waals surface area contributed by atoms with Gasteiger partial charge in [0.25, 0.3) is 5.91 Å². The minimum atomic E-state index is -1.98. The first kappa shape index (κ1) is 70.9. The maximum absolute atomic E-state index is 15.8. The molecule has 0 radical (unpaired) electrons. The lowest BCUT2D eigenvalue weighted by atomic mass is 9.94. The number of aromatic nitrogens is 1. The lowest BCUT2D eigenvalue weighted by molar-refractivity contribution is -0.177. The Morgan fingerprint density at radius 1 is 0.553 bits per heavy atom. The highest BCUT2D eigenvalue weighted by molar-refractivity contribution is 6.09. The molecule has 0 aliphatic carbocycles. The van der Waals surface area contributed by atoms with E-state index >= 15 is 9.59 Å². The van der Waals surface area contributed by atoms with E-state index < -0.39 is 125 Å². The average molecular weight is 1290 g/mol. The van der Waals surface area contributed by atoms with Gasteiger partial charge < -0.3 is 54.9 Å². The van der Waals surface area contributed by atoms with Gasteiger partial charge in [0.1, 0.15) is 42.3 Å². The van der Waals surface area contributed by atoms with Crippen LogP contribution in [0.3, 0.4) is 0 Å². The molecule has 5 aromatic carbocycles. The van der Waals surface area contributed by atoms with Gasteiger partial charge >= 0.3 is 5.97 Å². The zero-order valence-electron chi connectivity index (χ0n) is 56.9. The number of esters is 1. The van der Waals surface area contributed by atoms with Crippen molar-refractivity contribution < 1.29 is 53.0 Å². The molecule has 0 bridgehead atoms. The number of aliphatic hydroxyl groups is 1. The van der Waals surface area contributed by atoms with E-state index in [1.165, 1.54) is 70.6 Å². The topological polar surface area (TPSA) is 240 Å². The van der Waals surface area contributed by atoms with Gasteiger partial charge in [-0.05, 0) is 112 Å². The summed E-state index contributed by atoms with van der Waals surface area (Å²) in [4.78, 5) is 141. The number of carbonyl (C=O) groups excluding carboxylic acids is 9. The van der Waals surface area contributed by atoms with Crippen LogP contribution in [0.25, 0.3) is 38.6 Å². The van der Waals surface area contributed by atoms with Gasteiger partial charge in [-0.1, -0.05) is 151 Å². The van der Waals surface area contributed by atoms with E-state index in [0.717, 1.165) is 48.4 Å². The summed E-state index contributed by atoms with van der Waals surface area (Å²) in [6.45, 7) is 16.5. The van der Waals surface area contributed by atoms with Crippen LogP contribution in [0.4, 0.5) is 0 Å². The van der Waals surface area contributed by atoms with Crippen LogP contribution in [0.1, 0.15) is 112 Å². The number of nitrogens with one attached hydrogen (secondary N) is 3. The first-order chi connectivity index (χ1) is 44.6. The van der Waals surface area contributed by atoms with E-state index in [0.29, 0.717) is 30.4 Å². The van der Waals surface area contributed by atoms with Crippen molar-refractivity contribution >= 4 is 75.0 Å². The summed E-state index contributed by atoms with van der Waals surface area (Å²) in [5, 5.41) is 22.7. The number of para-hydroxylation sites is 2. The molecular formula is C74H95N9O11. The molecule has 11 atom stereocenters. The van der Waals surface area contributed by atoms with Crippen LogP contribution in [0.5, 0.6) is 0 Å². The summed E-state index contributed by atoms with van der Waals surface area (Å²) in [6, 6.07) is 31.2. The zero-order chi connectivity index (χ0) is 68.6. The van der Waals surface area contributed by atoms with E-state index in [9.17, 15) is 38.7 Å². The van der Waals surface area contributed by atoms with Gasteiger partial charge in [0.05, 0.1) is 16.6 Å². The molecule has 1 aromatic heterocycles. The molecule has 2 aliphatic rings. The standard InChI is InChI=1S/C74H95N9O11/c1-15-45(5)62-71(90)78(11)47(7)65(84)75-56(40-44(3)4)69(88)81(14)64(74(9,10)93)73(92)94-63(46(6)16-2)72(91)79(12)48(8)66(85)76-57(42-49-26-18-17-19-27-49)68(87)80(13)61(70(89)82-39-25-34-60(82)67(86)77-62)43-50-28-24-29-52(41-50)51-35-37-53(38-36-51)83-58-32-22-20-30-54(58)55-31-21-23-33-59(55)83/h17-24,26-33,35-38,41,44-48,56-57,60-64,93H,15-16,25,34,39-40,42-43H2,1-14H3,(H,75,84)(H,76,85)(H,77,86)/t45?,46-,47+,48+,56?,57?,60?,61?,62?,63?,64?/m1/s1. The molecule has 8 unspecified atom stereocenters. The van der Waals surface area contributed by atoms with Crippen LogP contribution in [0.15, 0.2) is 127 Å². The molecule has 2 saturated heterocycles. The number of likely N-dealkylation sites (N-methyl/N-ethyl adjacent to an activating group) is 4.